The van der Waals surface area contributed by atoms with Gasteiger partial charge in [-0.25, -0.2) is 18.5 Å². The maximum absolute atomic E-state index is 13.3. The smallest absolute Gasteiger partial charge is 0.247 e. The highest BCUT2D eigenvalue weighted by atomic mass is 79.9. The van der Waals surface area contributed by atoms with E-state index < -0.39 is 16.1 Å². The van der Waals surface area contributed by atoms with Crippen molar-refractivity contribution in [2.24, 2.45) is 5.14 Å². The van der Waals surface area contributed by atoms with E-state index in [-0.39, 0.29) is 17.3 Å². The van der Waals surface area contributed by atoms with Crippen molar-refractivity contribution in [3.05, 3.63) is 94.6 Å². The van der Waals surface area contributed by atoms with Crippen LogP contribution in [0.15, 0.2) is 88.4 Å². The fraction of sp³-hybridized carbons (Fsp3) is 0.0833. The summed E-state index contributed by atoms with van der Waals surface area (Å²) in [7, 11) is -3.83. The van der Waals surface area contributed by atoms with Crippen LogP contribution >= 0.6 is 15.9 Å². The molecule has 1 amide bonds. The Labute approximate surface area is 205 Å². The monoisotopic (exact) mass is 539 g/mol. The fourth-order valence-corrected chi connectivity index (χ4v) is 4.57. The number of amides is 1. The largest absolute Gasteiger partial charge is 0.383 e. The predicted octanol–water partition coefficient (Wildman–Crippen LogP) is 3.70. The Morgan fingerprint density at radius 3 is 2.59 bits per heavy atom. The molecule has 1 heterocycles. The summed E-state index contributed by atoms with van der Waals surface area (Å²) in [5, 5.41) is 13.1. The van der Waals surface area contributed by atoms with Crippen LogP contribution in [0.4, 0.5) is 11.5 Å². The van der Waals surface area contributed by atoms with Crippen molar-refractivity contribution < 1.29 is 13.2 Å². The quantitative estimate of drug-likeness (QED) is 0.282. The predicted molar refractivity (Wildman–Crippen MR) is 136 cm³/mol. The molecule has 1 atom stereocenters. The standard InChI is InChI=1S/C24H22BrN5O3S/c25-18-5-2-4-17(12-18)22(30-19-7-8-21-16(13-19)9-10-28-23(21)26)24(31)29-14-15-3-1-6-20(11-15)34(27,32)33/h1-13,22,30H,14H2,(H2,26,28)(H,29,31)(H2,27,32,33). The molecule has 0 fully saturated rings. The Kier molecular flexibility index (Phi) is 6.82. The first-order chi connectivity index (χ1) is 16.2. The van der Waals surface area contributed by atoms with E-state index in [9.17, 15) is 13.2 Å². The Hall–Kier alpha value is -3.47. The van der Waals surface area contributed by atoms with Gasteiger partial charge in [0.1, 0.15) is 11.9 Å². The van der Waals surface area contributed by atoms with E-state index in [1.807, 2.05) is 48.5 Å². The number of aromatic nitrogens is 1. The molecular formula is C24H22BrN5O3S. The molecule has 0 bridgehead atoms. The first kappa shape index (κ1) is 23.7. The maximum atomic E-state index is 13.3. The fourth-order valence-electron chi connectivity index (χ4n) is 3.57. The summed E-state index contributed by atoms with van der Waals surface area (Å²) in [5.74, 6) is 0.153. The highest BCUT2D eigenvalue weighted by Crippen LogP contribution is 2.27. The summed E-state index contributed by atoms with van der Waals surface area (Å²) in [5.41, 5.74) is 8.04. The Balaban J connectivity index is 1.60. The molecule has 0 saturated carbocycles. The molecular weight excluding hydrogens is 518 g/mol. The van der Waals surface area contributed by atoms with Gasteiger partial charge >= 0.3 is 0 Å². The number of benzene rings is 3. The molecule has 4 aromatic rings. The lowest BCUT2D eigenvalue weighted by Gasteiger charge is -2.21. The van der Waals surface area contributed by atoms with E-state index in [0.29, 0.717) is 11.4 Å². The van der Waals surface area contributed by atoms with Gasteiger partial charge in [-0.2, -0.15) is 0 Å². The number of nitrogens with zero attached hydrogens (tertiary/aromatic N) is 1. The van der Waals surface area contributed by atoms with E-state index in [4.69, 9.17) is 10.9 Å². The minimum atomic E-state index is -3.83. The number of anilines is 2. The molecule has 0 aliphatic carbocycles. The Morgan fingerprint density at radius 1 is 1.03 bits per heavy atom. The number of nitrogens with two attached hydrogens (primary N) is 2. The molecule has 0 saturated heterocycles. The van der Waals surface area contributed by atoms with Gasteiger partial charge in [-0.05, 0) is 65.0 Å². The molecule has 10 heteroatoms. The zero-order valence-electron chi connectivity index (χ0n) is 17.9. The Morgan fingerprint density at radius 2 is 1.82 bits per heavy atom. The summed E-state index contributed by atoms with van der Waals surface area (Å²) in [6.45, 7) is 0.133. The second-order valence-electron chi connectivity index (χ2n) is 7.67. The summed E-state index contributed by atoms with van der Waals surface area (Å²) in [6, 6.07) is 20.3. The lowest BCUT2D eigenvalue weighted by molar-refractivity contribution is -0.122. The van der Waals surface area contributed by atoms with Crippen LogP contribution in [0.5, 0.6) is 0 Å². The van der Waals surface area contributed by atoms with Crippen molar-refractivity contribution in [1.29, 1.82) is 0 Å². The van der Waals surface area contributed by atoms with Gasteiger partial charge in [-0.3, -0.25) is 4.79 Å². The van der Waals surface area contributed by atoms with Gasteiger partial charge in [-0.1, -0.05) is 40.2 Å². The number of hydrogen-bond donors (Lipinski definition) is 4. The number of primary sulfonamides is 1. The number of carbonyl (C=O) groups excluding carboxylic acids is 1. The van der Waals surface area contributed by atoms with Gasteiger partial charge in [0, 0.05) is 28.3 Å². The van der Waals surface area contributed by atoms with Crippen LogP contribution in [-0.2, 0) is 21.4 Å². The minimum Gasteiger partial charge on any atom is -0.383 e. The van der Waals surface area contributed by atoms with E-state index in [1.165, 1.54) is 12.1 Å². The molecule has 0 spiro atoms. The summed E-state index contributed by atoms with van der Waals surface area (Å²) in [6.07, 6.45) is 1.63. The lowest BCUT2D eigenvalue weighted by atomic mass is 10.0. The van der Waals surface area contributed by atoms with Crippen molar-refractivity contribution in [3.8, 4) is 0 Å². The number of halogens is 1. The average molecular weight is 540 g/mol. The van der Waals surface area contributed by atoms with Crippen LogP contribution in [0.1, 0.15) is 17.2 Å². The highest BCUT2D eigenvalue weighted by Gasteiger charge is 2.21. The van der Waals surface area contributed by atoms with Crippen LogP contribution in [0.2, 0.25) is 0 Å². The molecule has 4 rings (SSSR count). The van der Waals surface area contributed by atoms with E-state index in [0.717, 1.165) is 26.5 Å². The molecule has 6 N–H and O–H groups in total. The van der Waals surface area contributed by atoms with Gasteiger partial charge in [0.15, 0.2) is 0 Å². The molecule has 174 valence electrons. The molecule has 0 aliphatic heterocycles. The van der Waals surface area contributed by atoms with Crippen LogP contribution < -0.4 is 21.5 Å². The van der Waals surface area contributed by atoms with Gasteiger partial charge in [0.2, 0.25) is 15.9 Å². The number of sulfonamides is 1. The first-order valence-corrected chi connectivity index (χ1v) is 12.6. The van der Waals surface area contributed by atoms with Gasteiger partial charge in [0.05, 0.1) is 4.90 Å². The second-order valence-corrected chi connectivity index (χ2v) is 10.2. The molecule has 8 nitrogen and oxygen atoms in total. The van der Waals surface area contributed by atoms with Crippen LogP contribution in [-0.4, -0.2) is 19.3 Å². The lowest BCUT2D eigenvalue weighted by Crippen LogP contribution is -2.33. The van der Waals surface area contributed by atoms with Crippen LogP contribution in [0.3, 0.4) is 0 Å². The Bertz CT molecular complexity index is 1480. The van der Waals surface area contributed by atoms with E-state index in [1.54, 1.807) is 18.3 Å². The van der Waals surface area contributed by atoms with Crippen molar-refractivity contribution >= 4 is 54.1 Å². The number of rotatable bonds is 7. The number of carbonyl (C=O) groups is 1. The van der Waals surface area contributed by atoms with Crippen molar-refractivity contribution in [2.75, 3.05) is 11.1 Å². The number of fused-ring (bicyclic) bond motifs is 1. The minimum absolute atomic E-state index is 0.00848. The first-order valence-electron chi connectivity index (χ1n) is 10.3. The molecule has 0 radical (unpaired) electrons. The highest BCUT2D eigenvalue weighted by molar-refractivity contribution is 9.10. The zero-order chi connectivity index (χ0) is 24.3. The average Bonchev–Trinajstić information content (AvgIpc) is 2.81. The number of hydrogen-bond acceptors (Lipinski definition) is 6. The van der Waals surface area contributed by atoms with Crippen molar-refractivity contribution in [1.82, 2.24) is 10.3 Å². The van der Waals surface area contributed by atoms with E-state index >= 15 is 0 Å². The number of nitrogen functional groups attached to an aromatic ring is 1. The third kappa shape index (κ3) is 5.53. The van der Waals surface area contributed by atoms with Crippen LogP contribution in [0, 0.1) is 0 Å². The normalized spacial score (nSPS) is 12.3. The summed E-state index contributed by atoms with van der Waals surface area (Å²) in [4.78, 5) is 17.4. The summed E-state index contributed by atoms with van der Waals surface area (Å²) < 4.78 is 24.1. The molecule has 34 heavy (non-hydrogen) atoms. The van der Waals surface area contributed by atoms with Gasteiger partial charge in [0.25, 0.3) is 0 Å². The van der Waals surface area contributed by atoms with Crippen LogP contribution in [0.25, 0.3) is 10.8 Å². The van der Waals surface area contributed by atoms with Crippen molar-refractivity contribution in [2.45, 2.75) is 17.5 Å². The number of nitrogens with one attached hydrogen (secondary N) is 2. The molecule has 0 aliphatic rings. The topological polar surface area (TPSA) is 140 Å². The van der Waals surface area contributed by atoms with Gasteiger partial charge in [-0.15, -0.1) is 0 Å². The zero-order valence-corrected chi connectivity index (χ0v) is 20.3. The third-order valence-electron chi connectivity index (χ3n) is 5.24. The second kappa shape index (κ2) is 9.80. The summed E-state index contributed by atoms with van der Waals surface area (Å²) >= 11 is 3.46. The molecule has 1 aromatic heterocycles. The molecule has 3 aromatic carbocycles. The van der Waals surface area contributed by atoms with Gasteiger partial charge < -0.3 is 16.4 Å². The number of pyridine rings is 1. The molecule has 1 unspecified atom stereocenters. The maximum Gasteiger partial charge on any atom is 0.247 e. The SMILES string of the molecule is Nc1nccc2cc(NC(C(=O)NCc3cccc(S(N)(=O)=O)c3)c3cccc(Br)c3)ccc12. The van der Waals surface area contributed by atoms with E-state index in [2.05, 4.69) is 31.5 Å². The third-order valence-corrected chi connectivity index (χ3v) is 6.65. The van der Waals surface area contributed by atoms with Crippen molar-refractivity contribution in [3.63, 3.8) is 0 Å².